The largest absolute Gasteiger partial charge is 0.508 e. The van der Waals surface area contributed by atoms with E-state index in [1.165, 1.54) is 0 Å². The number of aromatic hydroxyl groups is 1. The number of phenolic OH excluding ortho intramolecular Hbond substituents is 1. The minimum atomic E-state index is 0.257. The maximum absolute atomic E-state index is 9.43. The zero-order valence-electron chi connectivity index (χ0n) is 11.1. The van der Waals surface area contributed by atoms with Crippen LogP contribution in [0.25, 0.3) is 0 Å². The van der Waals surface area contributed by atoms with Crippen LogP contribution in [0.1, 0.15) is 16.7 Å². The van der Waals surface area contributed by atoms with Gasteiger partial charge in [-0.1, -0.05) is 30.3 Å². The number of nitrogens with two attached hydrogens (primary N) is 1. The zero-order valence-corrected chi connectivity index (χ0v) is 11.1. The fourth-order valence-corrected chi connectivity index (χ4v) is 2.07. The van der Waals surface area contributed by atoms with Crippen LogP contribution in [0.3, 0.4) is 0 Å². The van der Waals surface area contributed by atoms with Crippen molar-refractivity contribution in [2.45, 2.75) is 20.0 Å². The molecule has 2 aromatic rings. The summed E-state index contributed by atoms with van der Waals surface area (Å²) in [5.74, 6) is 1.16. The predicted octanol–water partition coefficient (Wildman–Crippen LogP) is 2.78. The molecule has 0 radical (unpaired) electrons. The van der Waals surface area contributed by atoms with Crippen LogP contribution in [0, 0.1) is 6.92 Å². The second-order valence-corrected chi connectivity index (χ2v) is 4.56. The van der Waals surface area contributed by atoms with Crippen LogP contribution in [0.4, 0.5) is 0 Å². The van der Waals surface area contributed by atoms with Crippen LogP contribution in [-0.2, 0) is 13.0 Å². The number of hydrogen-bond donors (Lipinski definition) is 2. The van der Waals surface area contributed by atoms with Gasteiger partial charge in [0.15, 0.2) is 0 Å². The van der Waals surface area contributed by atoms with Gasteiger partial charge < -0.3 is 15.6 Å². The summed E-state index contributed by atoms with van der Waals surface area (Å²) < 4.78 is 5.89. The van der Waals surface area contributed by atoms with Gasteiger partial charge in [-0.15, -0.1) is 0 Å². The van der Waals surface area contributed by atoms with Gasteiger partial charge in [-0.05, 0) is 48.7 Å². The molecule has 19 heavy (non-hydrogen) atoms. The van der Waals surface area contributed by atoms with E-state index in [4.69, 9.17) is 10.5 Å². The molecule has 0 spiro atoms. The Morgan fingerprint density at radius 1 is 1.16 bits per heavy atom. The van der Waals surface area contributed by atoms with Crippen molar-refractivity contribution in [3.05, 3.63) is 59.2 Å². The summed E-state index contributed by atoms with van der Waals surface area (Å²) in [5, 5.41) is 9.43. The van der Waals surface area contributed by atoms with E-state index < -0.39 is 0 Å². The number of rotatable bonds is 5. The van der Waals surface area contributed by atoms with Crippen molar-refractivity contribution < 1.29 is 9.84 Å². The molecule has 3 nitrogen and oxygen atoms in total. The highest BCUT2D eigenvalue weighted by Gasteiger charge is 2.06. The lowest BCUT2D eigenvalue weighted by Gasteiger charge is -2.14. The van der Waals surface area contributed by atoms with Gasteiger partial charge >= 0.3 is 0 Å². The Morgan fingerprint density at radius 3 is 2.68 bits per heavy atom. The summed E-state index contributed by atoms with van der Waals surface area (Å²) in [6.45, 7) is 3.07. The summed E-state index contributed by atoms with van der Waals surface area (Å²) in [6.07, 6.45) is 0.803. The minimum Gasteiger partial charge on any atom is -0.508 e. The van der Waals surface area contributed by atoms with Gasteiger partial charge in [-0.3, -0.25) is 0 Å². The maximum Gasteiger partial charge on any atom is 0.125 e. The Balaban J connectivity index is 2.14. The Kier molecular flexibility index (Phi) is 4.42. The number of para-hydroxylation sites is 1. The van der Waals surface area contributed by atoms with E-state index in [9.17, 15) is 5.11 Å². The van der Waals surface area contributed by atoms with Crippen LogP contribution < -0.4 is 10.5 Å². The molecule has 2 rings (SSSR count). The third-order valence-electron chi connectivity index (χ3n) is 3.00. The zero-order chi connectivity index (χ0) is 13.7. The second kappa shape index (κ2) is 6.25. The molecule has 0 aliphatic heterocycles. The SMILES string of the molecule is Cc1cccc(CCN)c1OCc1cccc(O)c1. The van der Waals surface area contributed by atoms with Gasteiger partial charge in [0, 0.05) is 0 Å². The molecular weight excluding hydrogens is 238 g/mol. The number of aryl methyl sites for hydroxylation is 1. The average Bonchev–Trinajstić information content (AvgIpc) is 2.38. The van der Waals surface area contributed by atoms with Gasteiger partial charge in [0.25, 0.3) is 0 Å². The highest BCUT2D eigenvalue weighted by atomic mass is 16.5. The Labute approximate surface area is 113 Å². The molecule has 0 saturated heterocycles. The third-order valence-corrected chi connectivity index (χ3v) is 3.00. The van der Waals surface area contributed by atoms with Crippen molar-refractivity contribution in [2.24, 2.45) is 5.73 Å². The fourth-order valence-electron chi connectivity index (χ4n) is 2.07. The summed E-state index contributed by atoms with van der Waals surface area (Å²) in [4.78, 5) is 0. The van der Waals surface area contributed by atoms with Crippen LogP contribution in [0.5, 0.6) is 11.5 Å². The standard InChI is InChI=1S/C16H19NO2/c1-12-4-2-6-14(8-9-17)16(12)19-11-13-5-3-7-15(18)10-13/h2-7,10,18H,8-9,11,17H2,1H3. The highest BCUT2D eigenvalue weighted by molar-refractivity contribution is 5.41. The van der Waals surface area contributed by atoms with Crippen molar-refractivity contribution in [3.63, 3.8) is 0 Å². The van der Waals surface area contributed by atoms with E-state index in [0.717, 1.165) is 28.9 Å². The van der Waals surface area contributed by atoms with Crippen LogP contribution >= 0.6 is 0 Å². The summed E-state index contributed by atoms with van der Waals surface area (Å²) in [7, 11) is 0. The van der Waals surface area contributed by atoms with E-state index in [2.05, 4.69) is 0 Å². The number of hydrogen-bond acceptors (Lipinski definition) is 3. The molecule has 3 heteroatoms. The van der Waals surface area contributed by atoms with E-state index in [1.54, 1.807) is 12.1 Å². The third kappa shape index (κ3) is 3.48. The van der Waals surface area contributed by atoms with Crippen LogP contribution in [0.2, 0.25) is 0 Å². The first-order valence-electron chi connectivity index (χ1n) is 6.40. The van der Waals surface area contributed by atoms with E-state index in [0.29, 0.717) is 13.2 Å². The molecule has 0 aromatic heterocycles. The maximum atomic E-state index is 9.43. The molecule has 0 bridgehead atoms. The lowest BCUT2D eigenvalue weighted by Crippen LogP contribution is -2.06. The number of phenols is 1. The molecule has 0 unspecified atom stereocenters. The molecule has 0 atom stereocenters. The van der Waals surface area contributed by atoms with Crippen LogP contribution in [0.15, 0.2) is 42.5 Å². The summed E-state index contributed by atoms with van der Waals surface area (Å²) in [6, 6.07) is 13.2. The van der Waals surface area contributed by atoms with E-state index in [1.807, 2.05) is 37.3 Å². The molecule has 0 fully saturated rings. The molecule has 0 saturated carbocycles. The Bertz CT molecular complexity index is 552. The van der Waals surface area contributed by atoms with E-state index in [-0.39, 0.29) is 5.75 Å². The Hall–Kier alpha value is -2.00. The second-order valence-electron chi connectivity index (χ2n) is 4.56. The average molecular weight is 257 g/mol. The smallest absolute Gasteiger partial charge is 0.125 e. The first-order chi connectivity index (χ1) is 9.20. The van der Waals surface area contributed by atoms with Gasteiger partial charge in [0.1, 0.15) is 18.1 Å². The van der Waals surface area contributed by atoms with Crippen molar-refractivity contribution in [1.29, 1.82) is 0 Å². The van der Waals surface area contributed by atoms with E-state index >= 15 is 0 Å². The fraction of sp³-hybridized carbons (Fsp3) is 0.250. The molecule has 3 N–H and O–H groups in total. The van der Waals surface area contributed by atoms with Crippen molar-refractivity contribution in [1.82, 2.24) is 0 Å². The summed E-state index contributed by atoms with van der Waals surface area (Å²) >= 11 is 0. The van der Waals surface area contributed by atoms with Crippen molar-refractivity contribution in [3.8, 4) is 11.5 Å². The molecule has 2 aromatic carbocycles. The summed E-state index contributed by atoms with van der Waals surface area (Å²) in [5.41, 5.74) is 8.79. The quantitative estimate of drug-likeness (QED) is 0.866. The normalized spacial score (nSPS) is 10.4. The first kappa shape index (κ1) is 13.4. The highest BCUT2D eigenvalue weighted by Crippen LogP contribution is 2.25. The molecule has 0 aliphatic rings. The van der Waals surface area contributed by atoms with Gasteiger partial charge in [0.05, 0.1) is 0 Å². The van der Waals surface area contributed by atoms with Gasteiger partial charge in [-0.2, -0.15) is 0 Å². The van der Waals surface area contributed by atoms with Crippen LogP contribution in [-0.4, -0.2) is 11.7 Å². The minimum absolute atomic E-state index is 0.257. The van der Waals surface area contributed by atoms with Crippen molar-refractivity contribution in [2.75, 3.05) is 6.54 Å². The molecular formula is C16H19NO2. The lowest BCUT2D eigenvalue weighted by molar-refractivity contribution is 0.300. The number of benzene rings is 2. The molecule has 0 amide bonds. The first-order valence-corrected chi connectivity index (χ1v) is 6.40. The molecule has 0 aliphatic carbocycles. The predicted molar refractivity (Wildman–Crippen MR) is 76.4 cm³/mol. The van der Waals surface area contributed by atoms with Crippen molar-refractivity contribution >= 4 is 0 Å². The Morgan fingerprint density at radius 2 is 1.95 bits per heavy atom. The molecule has 0 heterocycles. The lowest BCUT2D eigenvalue weighted by atomic mass is 10.1. The monoisotopic (exact) mass is 257 g/mol. The topological polar surface area (TPSA) is 55.5 Å². The van der Waals surface area contributed by atoms with Gasteiger partial charge in [0.2, 0.25) is 0 Å². The van der Waals surface area contributed by atoms with Gasteiger partial charge in [-0.25, -0.2) is 0 Å². The number of ether oxygens (including phenoxy) is 1. The molecule has 100 valence electrons.